The van der Waals surface area contributed by atoms with Gasteiger partial charge in [-0.05, 0) is 42.9 Å². The van der Waals surface area contributed by atoms with Gasteiger partial charge >= 0.3 is 5.97 Å². The van der Waals surface area contributed by atoms with Crippen LogP contribution in [0.3, 0.4) is 0 Å². The molecule has 0 aliphatic carbocycles. The second-order valence-corrected chi connectivity index (χ2v) is 6.69. The summed E-state index contributed by atoms with van der Waals surface area (Å²) in [4.78, 5) is 11.7. The molecule has 0 unspecified atom stereocenters. The summed E-state index contributed by atoms with van der Waals surface area (Å²) < 4.78 is 4.76. The molecular formula is C17H26ClNO2. The van der Waals surface area contributed by atoms with Crippen LogP contribution in [0.15, 0.2) is 18.2 Å². The highest BCUT2D eigenvalue weighted by Gasteiger charge is 2.15. The number of nitrogens with one attached hydrogen (secondary N) is 1. The van der Waals surface area contributed by atoms with Crippen molar-refractivity contribution in [2.45, 2.75) is 46.6 Å². The molecule has 1 aromatic rings. The van der Waals surface area contributed by atoms with Gasteiger partial charge in [0, 0.05) is 11.7 Å². The Kier molecular flexibility index (Phi) is 7.03. The lowest BCUT2D eigenvalue weighted by Gasteiger charge is -2.24. The summed E-state index contributed by atoms with van der Waals surface area (Å²) in [6.45, 7) is 8.88. The maximum absolute atomic E-state index is 11.7. The molecule has 0 aliphatic heterocycles. The largest absolute Gasteiger partial charge is 0.465 e. The van der Waals surface area contributed by atoms with Gasteiger partial charge in [-0.3, -0.25) is 0 Å². The summed E-state index contributed by atoms with van der Waals surface area (Å²) in [5, 5.41) is 3.94. The first-order valence-electron chi connectivity index (χ1n) is 7.47. The maximum atomic E-state index is 11.7. The molecule has 0 amide bonds. The van der Waals surface area contributed by atoms with Crippen LogP contribution in [-0.4, -0.2) is 19.1 Å². The van der Waals surface area contributed by atoms with E-state index in [2.05, 4.69) is 33.0 Å². The Hall–Kier alpha value is -1.22. The van der Waals surface area contributed by atoms with Gasteiger partial charge < -0.3 is 10.1 Å². The maximum Gasteiger partial charge on any atom is 0.339 e. The molecule has 0 spiro atoms. The van der Waals surface area contributed by atoms with E-state index in [0.29, 0.717) is 28.5 Å². The van der Waals surface area contributed by atoms with E-state index >= 15 is 0 Å². The number of anilines is 1. The molecule has 118 valence electrons. The fourth-order valence-electron chi connectivity index (χ4n) is 2.47. The Labute approximate surface area is 133 Å². The van der Waals surface area contributed by atoms with Gasteiger partial charge in [0.15, 0.2) is 0 Å². The predicted octanol–water partition coefficient (Wildman–Crippen LogP) is 5.00. The molecule has 0 heterocycles. The molecule has 4 heteroatoms. The van der Waals surface area contributed by atoms with Crippen molar-refractivity contribution in [3.63, 3.8) is 0 Å². The van der Waals surface area contributed by atoms with E-state index < -0.39 is 5.97 Å². The molecule has 21 heavy (non-hydrogen) atoms. The average Bonchev–Trinajstić information content (AvgIpc) is 2.38. The zero-order chi connectivity index (χ0) is 16.0. The first-order chi connectivity index (χ1) is 9.83. The zero-order valence-corrected chi connectivity index (χ0v) is 14.3. The highest BCUT2D eigenvalue weighted by Crippen LogP contribution is 2.24. The Morgan fingerprint density at radius 1 is 1.19 bits per heavy atom. The minimum atomic E-state index is -0.409. The second kappa shape index (κ2) is 8.28. The Morgan fingerprint density at radius 2 is 1.76 bits per heavy atom. The highest BCUT2D eigenvalue weighted by atomic mass is 35.5. The standard InChI is InChI=1S/C17H26ClNO2/c1-11(2)8-14(9-12(3)4)19-13-6-7-16(18)15(10-13)17(20)21-5/h6-7,10-12,14,19H,8-9H2,1-5H3. The lowest BCUT2D eigenvalue weighted by molar-refractivity contribution is 0.0601. The van der Waals surface area contributed by atoms with Gasteiger partial charge in [-0.1, -0.05) is 39.3 Å². The third-order valence-electron chi connectivity index (χ3n) is 3.25. The monoisotopic (exact) mass is 311 g/mol. The molecule has 1 rings (SSSR count). The number of ether oxygens (including phenoxy) is 1. The van der Waals surface area contributed by atoms with Crippen molar-refractivity contribution in [3.05, 3.63) is 28.8 Å². The minimum Gasteiger partial charge on any atom is -0.465 e. The summed E-state index contributed by atoms with van der Waals surface area (Å²) in [6, 6.07) is 5.79. The lowest BCUT2D eigenvalue weighted by Crippen LogP contribution is -2.23. The predicted molar refractivity (Wildman–Crippen MR) is 89.1 cm³/mol. The van der Waals surface area contributed by atoms with Crippen molar-refractivity contribution in [3.8, 4) is 0 Å². The number of esters is 1. The molecule has 0 aromatic heterocycles. The fourth-order valence-corrected chi connectivity index (χ4v) is 2.66. The van der Waals surface area contributed by atoms with Crippen molar-refractivity contribution in [2.24, 2.45) is 11.8 Å². The number of hydrogen-bond donors (Lipinski definition) is 1. The van der Waals surface area contributed by atoms with E-state index in [1.54, 1.807) is 12.1 Å². The molecule has 0 fully saturated rings. The number of halogens is 1. The molecule has 0 aliphatic rings. The van der Waals surface area contributed by atoms with Crippen molar-refractivity contribution in [1.29, 1.82) is 0 Å². The molecule has 1 N–H and O–H groups in total. The molecular weight excluding hydrogens is 286 g/mol. The Balaban J connectivity index is 2.90. The van der Waals surface area contributed by atoms with Gasteiger partial charge in [-0.2, -0.15) is 0 Å². The molecule has 0 radical (unpaired) electrons. The van der Waals surface area contributed by atoms with Gasteiger partial charge in [-0.15, -0.1) is 0 Å². The molecule has 3 nitrogen and oxygen atoms in total. The summed E-state index contributed by atoms with van der Waals surface area (Å²) in [5.41, 5.74) is 1.31. The molecule has 0 bridgehead atoms. The van der Waals surface area contributed by atoms with Crippen LogP contribution in [-0.2, 0) is 4.74 Å². The van der Waals surface area contributed by atoms with Crippen molar-refractivity contribution in [1.82, 2.24) is 0 Å². The first-order valence-corrected chi connectivity index (χ1v) is 7.85. The van der Waals surface area contributed by atoms with E-state index in [9.17, 15) is 4.79 Å². The number of hydrogen-bond acceptors (Lipinski definition) is 3. The van der Waals surface area contributed by atoms with Crippen LogP contribution >= 0.6 is 11.6 Å². The van der Waals surface area contributed by atoms with Gasteiger partial charge in [0.05, 0.1) is 17.7 Å². The third-order valence-corrected chi connectivity index (χ3v) is 3.58. The zero-order valence-electron chi connectivity index (χ0n) is 13.6. The van der Waals surface area contributed by atoms with Crippen LogP contribution in [0.25, 0.3) is 0 Å². The van der Waals surface area contributed by atoms with Crippen molar-refractivity contribution >= 4 is 23.3 Å². The lowest BCUT2D eigenvalue weighted by atomic mass is 9.95. The van der Waals surface area contributed by atoms with Gasteiger partial charge in [0.1, 0.15) is 0 Å². The molecule has 0 saturated heterocycles. The van der Waals surface area contributed by atoms with Gasteiger partial charge in [0.25, 0.3) is 0 Å². The van der Waals surface area contributed by atoms with Crippen LogP contribution in [0, 0.1) is 11.8 Å². The highest BCUT2D eigenvalue weighted by molar-refractivity contribution is 6.33. The quantitative estimate of drug-likeness (QED) is 0.720. The van der Waals surface area contributed by atoms with E-state index in [1.807, 2.05) is 6.07 Å². The summed E-state index contributed by atoms with van der Waals surface area (Å²) >= 11 is 6.05. The SMILES string of the molecule is COC(=O)c1cc(NC(CC(C)C)CC(C)C)ccc1Cl. The molecule has 0 atom stereocenters. The van der Waals surface area contributed by atoms with Crippen LogP contribution in [0.1, 0.15) is 50.9 Å². The van der Waals surface area contributed by atoms with Crippen molar-refractivity contribution < 1.29 is 9.53 Å². The first kappa shape index (κ1) is 17.8. The second-order valence-electron chi connectivity index (χ2n) is 6.29. The average molecular weight is 312 g/mol. The van der Waals surface area contributed by atoms with E-state index in [0.717, 1.165) is 18.5 Å². The van der Waals surface area contributed by atoms with Crippen LogP contribution < -0.4 is 5.32 Å². The normalized spacial score (nSPS) is 11.3. The fraction of sp³-hybridized carbons (Fsp3) is 0.588. The van der Waals surface area contributed by atoms with Crippen LogP contribution in [0.5, 0.6) is 0 Å². The number of carbonyl (C=O) groups is 1. The minimum absolute atomic E-state index is 0.386. The number of carbonyl (C=O) groups excluding carboxylic acids is 1. The Bertz CT molecular complexity index is 462. The number of rotatable bonds is 7. The number of benzene rings is 1. The third kappa shape index (κ3) is 5.96. The summed E-state index contributed by atoms with van der Waals surface area (Å²) in [5.74, 6) is 0.829. The smallest absolute Gasteiger partial charge is 0.339 e. The van der Waals surface area contributed by atoms with Crippen molar-refractivity contribution in [2.75, 3.05) is 12.4 Å². The van der Waals surface area contributed by atoms with Crippen LogP contribution in [0.2, 0.25) is 5.02 Å². The topological polar surface area (TPSA) is 38.3 Å². The molecule has 0 saturated carbocycles. The summed E-state index contributed by atoms with van der Waals surface area (Å²) in [7, 11) is 1.36. The Morgan fingerprint density at radius 3 is 2.24 bits per heavy atom. The van der Waals surface area contributed by atoms with E-state index in [1.165, 1.54) is 7.11 Å². The van der Waals surface area contributed by atoms with E-state index in [-0.39, 0.29) is 0 Å². The summed E-state index contributed by atoms with van der Waals surface area (Å²) in [6.07, 6.45) is 2.18. The van der Waals surface area contributed by atoms with Gasteiger partial charge in [-0.25, -0.2) is 4.79 Å². The van der Waals surface area contributed by atoms with E-state index in [4.69, 9.17) is 16.3 Å². The number of methoxy groups -OCH3 is 1. The van der Waals surface area contributed by atoms with Crippen LogP contribution in [0.4, 0.5) is 5.69 Å². The van der Waals surface area contributed by atoms with Gasteiger partial charge in [0.2, 0.25) is 0 Å². The molecule has 1 aromatic carbocycles.